The standard InChI is InChI=1S/C65H78N8O6/c1-7-39-19-26-71-27-20-42(39)30-57(71)62(48-16-23-66-54-13-10-45(74-4)33-51(48)54)77-60-36-61(78-63(58-31-43-21-28-72(58)37-40(43)8-2)49-17-24-67-55-14-11-46(75-5)34-52(49)55)70-65(69-60)79-64(59-32-44-22-29-73(59)38-41(44)9-3)50-18-25-68-56-15-12-47(76-6)35-53(50)56/h10-18,23-25,33-36,39-44,57-59,62-64H,7-9,19-22,26-32,37-38H2,1-6H3/t39?,40-,41?,42?,43?,44?,57?,58?,59-,62-,63?,64?/m0/s1. The van der Waals surface area contributed by atoms with Crippen molar-refractivity contribution >= 4 is 32.7 Å². The van der Waals surface area contributed by atoms with Crippen LogP contribution < -0.4 is 28.4 Å². The van der Waals surface area contributed by atoms with Crippen molar-refractivity contribution in [3.05, 3.63) is 114 Å². The monoisotopic (exact) mass is 1070 g/mol. The fourth-order valence-corrected chi connectivity index (χ4v) is 15.7. The number of piperidine rings is 7. The third-order valence-corrected chi connectivity index (χ3v) is 20.0. The molecule has 15 atom stereocenters. The van der Waals surface area contributed by atoms with Gasteiger partial charge in [0, 0.05) is 64.5 Å². The van der Waals surface area contributed by atoms with Gasteiger partial charge in [-0.3, -0.25) is 29.7 Å². The number of hydrogen-bond acceptors (Lipinski definition) is 14. The Bertz CT molecular complexity index is 3160. The number of aromatic nitrogens is 5. The van der Waals surface area contributed by atoms with Crippen LogP contribution in [0.25, 0.3) is 32.7 Å². The highest BCUT2D eigenvalue weighted by Gasteiger charge is 2.47. The zero-order chi connectivity index (χ0) is 53.7. The number of rotatable bonds is 18. The first-order valence-electron chi connectivity index (χ1n) is 29.7. The van der Waals surface area contributed by atoms with E-state index >= 15 is 0 Å². The number of hydrogen-bond donors (Lipinski definition) is 0. The first-order valence-corrected chi connectivity index (χ1v) is 29.7. The predicted molar refractivity (Wildman–Crippen MR) is 307 cm³/mol. The largest absolute Gasteiger partial charge is 0.497 e. The summed E-state index contributed by atoms with van der Waals surface area (Å²) >= 11 is 0. The molecule has 9 saturated heterocycles. The summed E-state index contributed by atoms with van der Waals surface area (Å²) in [7, 11) is 5.17. The molecule has 0 saturated carbocycles. The van der Waals surface area contributed by atoms with E-state index in [4.69, 9.17) is 53.3 Å². The average molecular weight is 1070 g/mol. The molecule has 414 valence electrons. The first-order chi connectivity index (χ1) is 38.8. The minimum atomic E-state index is -0.457. The van der Waals surface area contributed by atoms with Gasteiger partial charge in [-0.05, 0) is 179 Å². The molecule has 3 aromatic carbocycles. The van der Waals surface area contributed by atoms with Gasteiger partial charge in [0.05, 0.1) is 62.1 Å². The Balaban J connectivity index is 0.983. The molecule has 4 aromatic heterocycles. The van der Waals surface area contributed by atoms with Crippen molar-refractivity contribution in [2.75, 3.05) is 60.6 Å². The normalized spacial score (nSPS) is 29.2. The van der Waals surface area contributed by atoms with Gasteiger partial charge < -0.3 is 28.4 Å². The van der Waals surface area contributed by atoms with Crippen LogP contribution in [0.5, 0.6) is 35.0 Å². The Labute approximate surface area is 465 Å². The number of benzene rings is 3. The van der Waals surface area contributed by atoms with Crippen LogP contribution in [0.3, 0.4) is 0 Å². The number of nitrogens with zero attached hydrogens (tertiary/aromatic N) is 8. The van der Waals surface area contributed by atoms with Gasteiger partial charge in [0.2, 0.25) is 11.8 Å². The molecule has 14 nitrogen and oxygen atoms in total. The van der Waals surface area contributed by atoms with Gasteiger partial charge in [-0.2, -0.15) is 9.97 Å². The number of methoxy groups -OCH3 is 3. The molecule has 13 heterocycles. The van der Waals surface area contributed by atoms with Gasteiger partial charge in [0.1, 0.15) is 35.6 Å². The molecule has 14 heteroatoms. The Morgan fingerprint density at radius 2 is 0.823 bits per heavy atom. The van der Waals surface area contributed by atoms with Crippen LogP contribution in [0.4, 0.5) is 0 Å². The second kappa shape index (κ2) is 22.3. The lowest BCUT2D eigenvalue weighted by molar-refractivity contribution is -0.0532. The fraction of sp³-hybridized carbons (Fsp3) is 0.523. The topological polar surface area (TPSA) is 130 Å². The summed E-state index contributed by atoms with van der Waals surface area (Å²) in [5, 5.41) is 2.99. The lowest BCUT2D eigenvalue weighted by Gasteiger charge is -2.52. The maximum atomic E-state index is 7.71. The van der Waals surface area contributed by atoms with Crippen LogP contribution in [0, 0.1) is 35.5 Å². The van der Waals surface area contributed by atoms with E-state index in [-0.39, 0.29) is 24.1 Å². The molecule has 0 amide bonds. The summed E-state index contributed by atoms with van der Waals surface area (Å²) in [6.07, 6.45) is 15.8. The predicted octanol–water partition coefficient (Wildman–Crippen LogP) is 12.3. The van der Waals surface area contributed by atoms with Crippen LogP contribution >= 0.6 is 0 Å². The molecule has 0 aliphatic carbocycles. The third kappa shape index (κ3) is 9.98. The van der Waals surface area contributed by atoms with Gasteiger partial charge in [-0.1, -0.05) is 40.0 Å². The van der Waals surface area contributed by atoms with Crippen LogP contribution in [-0.2, 0) is 0 Å². The van der Waals surface area contributed by atoms with Gasteiger partial charge >= 0.3 is 6.01 Å². The minimum absolute atomic E-state index is 0.0608. The van der Waals surface area contributed by atoms with Gasteiger partial charge in [-0.15, -0.1) is 0 Å². The lowest BCUT2D eigenvalue weighted by atomic mass is 9.72. The molecule has 6 bridgehead atoms. The Kier molecular flexibility index (Phi) is 14.7. The average Bonchev–Trinajstić information content (AvgIpc) is 3.92. The second-order valence-electron chi connectivity index (χ2n) is 23.7. The molecule has 9 fully saturated rings. The highest BCUT2D eigenvalue weighted by atomic mass is 16.5. The van der Waals surface area contributed by atoms with Crippen LogP contribution in [-0.4, -0.2) is 118 Å². The van der Waals surface area contributed by atoms with Gasteiger partial charge in [0.25, 0.3) is 0 Å². The Hall–Kier alpha value is -6.35. The zero-order valence-corrected chi connectivity index (χ0v) is 47.0. The molecule has 0 radical (unpaired) electrons. The highest BCUT2D eigenvalue weighted by Crippen LogP contribution is 2.49. The Morgan fingerprint density at radius 1 is 0.443 bits per heavy atom. The van der Waals surface area contributed by atoms with E-state index in [1.807, 2.05) is 61.1 Å². The van der Waals surface area contributed by atoms with Crippen molar-refractivity contribution in [3.63, 3.8) is 0 Å². The van der Waals surface area contributed by atoms with E-state index in [9.17, 15) is 0 Å². The van der Waals surface area contributed by atoms with E-state index in [2.05, 4.69) is 71.9 Å². The van der Waals surface area contributed by atoms with E-state index in [1.54, 1.807) is 21.3 Å². The first kappa shape index (κ1) is 52.0. The van der Waals surface area contributed by atoms with E-state index in [0.717, 1.165) is 132 Å². The van der Waals surface area contributed by atoms with Crippen LogP contribution in [0.15, 0.2) is 97.5 Å². The molecular formula is C65H78N8O6. The second-order valence-corrected chi connectivity index (χ2v) is 23.7. The summed E-state index contributed by atoms with van der Waals surface area (Å²) in [4.78, 5) is 33.5. The van der Waals surface area contributed by atoms with Gasteiger partial charge in [0.15, 0.2) is 0 Å². The summed E-state index contributed by atoms with van der Waals surface area (Å²) in [6, 6.07) is 27.2. The van der Waals surface area contributed by atoms with E-state index in [1.165, 1.54) is 38.5 Å². The SMILES string of the molecule is CCC1CCN2CCC1CC2[C@@H](Oc1cc(OC(c2ccnc3ccc(OC)cc23)C2CC3CCN2C[C@@H]3CC)nc(OC(c2ccnc3ccc(OC)cc23)[C@@H]2CC3CC[N@]2CC3CC)n1)c1ccnc2ccc(OC)cc12. The van der Waals surface area contributed by atoms with Crippen molar-refractivity contribution in [1.82, 2.24) is 39.6 Å². The molecule has 11 unspecified atom stereocenters. The number of fused-ring (bicyclic) bond motifs is 13. The number of ether oxygens (including phenoxy) is 6. The molecule has 0 N–H and O–H groups in total. The van der Waals surface area contributed by atoms with Crippen molar-refractivity contribution in [1.29, 1.82) is 0 Å². The number of pyridine rings is 3. The maximum absolute atomic E-state index is 7.71. The molecular weight excluding hydrogens is 989 g/mol. The van der Waals surface area contributed by atoms with E-state index in [0.29, 0.717) is 47.3 Å². The molecule has 79 heavy (non-hydrogen) atoms. The molecule has 0 spiro atoms. The van der Waals surface area contributed by atoms with Crippen LogP contribution in [0.2, 0.25) is 0 Å². The van der Waals surface area contributed by atoms with Gasteiger partial charge in [-0.25, -0.2) is 0 Å². The highest BCUT2D eigenvalue weighted by molar-refractivity contribution is 5.86. The fourth-order valence-electron chi connectivity index (χ4n) is 15.7. The maximum Gasteiger partial charge on any atom is 0.323 e. The third-order valence-electron chi connectivity index (χ3n) is 20.0. The smallest absolute Gasteiger partial charge is 0.323 e. The minimum Gasteiger partial charge on any atom is -0.497 e. The molecule has 16 rings (SSSR count). The molecule has 9 aliphatic rings. The summed E-state index contributed by atoms with van der Waals surface area (Å²) < 4.78 is 40.6. The molecule has 9 aliphatic heterocycles. The van der Waals surface area contributed by atoms with Crippen molar-refractivity contribution in [2.45, 2.75) is 121 Å². The summed E-state index contributed by atoms with van der Waals surface area (Å²) in [5.41, 5.74) is 5.79. The summed E-state index contributed by atoms with van der Waals surface area (Å²) in [6.45, 7) is 13.2. The van der Waals surface area contributed by atoms with Crippen molar-refractivity contribution < 1.29 is 28.4 Å². The van der Waals surface area contributed by atoms with Crippen LogP contribution in [0.1, 0.15) is 120 Å². The van der Waals surface area contributed by atoms with Crippen molar-refractivity contribution in [3.8, 4) is 35.0 Å². The molecule has 7 aromatic rings. The summed E-state index contributed by atoms with van der Waals surface area (Å²) in [5.74, 6) is 6.89. The van der Waals surface area contributed by atoms with Crippen molar-refractivity contribution in [2.24, 2.45) is 35.5 Å². The Morgan fingerprint density at radius 3 is 1.23 bits per heavy atom. The lowest BCUT2D eigenvalue weighted by Crippen LogP contribution is -2.56. The zero-order valence-electron chi connectivity index (χ0n) is 47.0. The quantitative estimate of drug-likeness (QED) is 0.0808. The van der Waals surface area contributed by atoms with E-state index < -0.39 is 18.3 Å².